The molecule has 3 rings (SSSR count). The Kier molecular flexibility index (Phi) is 4.92. The molecule has 0 bridgehead atoms. The van der Waals surface area contributed by atoms with Crippen molar-refractivity contribution in [1.29, 1.82) is 0 Å². The molecule has 0 atom stereocenters. The van der Waals surface area contributed by atoms with Crippen LogP contribution in [0.1, 0.15) is 10.6 Å². The number of amides is 1. The quantitative estimate of drug-likeness (QED) is 0.502. The fourth-order valence-corrected chi connectivity index (χ4v) is 2.24. The highest BCUT2D eigenvalue weighted by Crippen LogP contribution is 2.31. The molecule has 128 valence electrons. The number of hydrazine groups is 1. The second kappa shape index (κ2) is 7.29. The number of hydrogen-bond donors (Lipinski definition) is 4. The van der Waals surface area contributed by atoms with Crippen LogP contribution in [0.25, 0.3) is 0 Å². The monoisotopic (exact) mass is 378 g/mol. The van der Waals surface area contributed by atoms with Gasteiger partial charge in [0, 0.05) is 5.02 Å². The minimum Gasteiger partial charge on any atom is -0.459 e. The normalized spacial score (nSPS) is 10.3. The lowest BCUT2D eigenvalue weighted by atomic mass is 10.3. The smallest absolute Gasteiger partial charge is 0.305 e. The van der Waals surface area contributed by atoms with Crippen LogP contribution in [-0.2, 0) is 0 Å². The summed E-state index contributed by atoms with van der Waals surface area (Å²) in [6.07, 6.45) is 2.67. The lowest BCUT2D eigenvalue weighted by molar-refractivity contribution is 0.0935. The zero-order chi connectivity index (χ0) is 17.8. The molecule has 0 saturated carbocycles. The first-order valence-electron chi connectivity index (χ1n) is 6.97. The zero-order valence-electron chi connectivity index (χ0n) is 12.6. The molecule has 0 unspecified atom stereocenters. The van der Waals surface area contributed by atoms with Gasteiger partial charge in [-0.1, -0.05) is 23.2 Å². The highest BCUT2D eigenvalue weighted by Gasteiger charge is 2.12. The highest BCUT2D eigenvalue weighted by molar-refractivity contribution is 6.35. The van der Waals surface area contributed by atoms with Crippen molar-refractivity contribution in [1.82, 2.24) is 15.4 Å². The number of nitrogens with zero attached hydrogens (tertiary/aromatic N) is 2. The minimum atomic E-state index is -0.476. The summed E-state index contributed by atoms with van der Waals surface area (Å²) in [5.41, 5.74) is 11.8. The van der Waals surface area contributed by atoms with Crippen molar-refractivity contribution < 1.29 is 9.21 Å². The van der Waals surface area contributed by atoms with E-state index >= 15 is 0 Å². The first-order valence-corrected chi connectivity index (χ1v) is 7.72. The van der Waals surface area contributed by atoms with E-state index in [2.05, 4.69) is 26.1 Å². The van der Waals surface area contributed by atoms with E-state index in [1.54, 1.807) is 24.3 Å². The van der Waals surface area contributed by atoms with Crippen molar-refractivity contribution in [3.05, 3.63) is 58.7 Å². The van der Waals surface area contributed by atoms with Crippen molar-refractivity contribution in [2.45, 2.75) is 0 Å². The third-order valence-corrected chi connectivity index (χ3v) is 3.67. The molecule has 0 aliphatic rings. The number of nitrogens with two attached hydrogens (primary N) is 1. The van der Waals surface area contributed by atoms with Gasteiger partial charge < -0.3 is 15.5 Å². The van der Waals surface area contributed by atoms with E-state index in [9.17, 15) is 4.79 Å². The Morgan fingerprint density at radius 1 is 1.16 bits per heavy atom. The Balaban J connectivity index is 1.75. The predicted molar refractivity (Wildman–Crippen MR) is 96.0 cm³/mol. The first-order chi connectivity index (χ1) is 12.0. The molecular formula is C15H12Cl2N6O2. The lowest BCUT2D eigenvalue weighted by Crippen LogP contribution is -2.30. The number of benzene rings is 1. The number of carbonyl (C=O) groups is 1. The maximum Gasteiger partial charge on any atom is 0.305 e. The molecule has 0 saturated heterocycles. The van der Waals surface area contributed by atoms with E-state index in [4.69, 9.17) is 33.4 Å². The van der Waals surface area contributed by atoms with Crippen LogP contribution in [-0.4, -0.2) is 15.9 Å². The van der Waals surface area contributed by atoms with Crippen LogP contribution in [0.3, 0.4) is 0 Å². The molecule has 10 heteroatoms. The van der Waals surface area contributed by atoms with Gasteiger partial charge in [-0.3, -0.25) is 15.6 Å². The fourth-order valence-electron chi connectivity index (χ4n) is 1.90. The largest absolute Gasteiger partial charge is 0.459 e. The van der Waals surface area contributed by atoms with Gasteiger partial charge in [-0.05, 0) is 30.3 Å². The van der Waals surface area contributed by atoms with Gasteiger partial charge in [0.15, 0.2) is 17.4 Å². The van der Waals surface area contributed by atoms with Crippen molar-refractivity contribution in [3.8, 4) is 0 Å². The number of furan rings is 1. The van der Waals surface area contributed by atoms with E-state index in [1.165, 1.54) is 18.7 Å². The molecule has 0 fully saturated rings. The van der Waals surface area contributed by atoms with E-state index < -0.39 is 5.91 Å². The Bertz CT molecular complexity index is 901. The number of nitrogen functional groups attached to an aromatic ring is 1. The molecule has 2 aromatic heterocycles. The van der Waals surface area contributed by atoms with Crippen LogP contribution in [0.2, 0.25) is 10.0 Å². The van der Waals surface area contributed by atoms with E-state index in [-0.39, 0.29) is 17.3 Å². The molecule has 0 aliphatic heterocycles. The Hall–Kier alpha value is -2.97. The standard InChI is InChI=1S/C15H12Cl2N6O2/c16-8-3-4-9(17)10(6-8)21-13-12(18)14(20-7-19-13)22-23-15(24)11-2-1-5-25-11/h1-7H,18H2,(H,23,24)(H2,19,20,21,22). The molecule has 1 aromatic carbocycles. The molecule has 1 amide bonds. The number of halogens is 2. The van der Waals surface area contributed by atoms with Gasteiger partial charge in [0.1, 0.15) is 12.0 Å². The summed E-state index contributed by atoms with van der Waals surface area (Å²) >= 11 is 12.1. The molecule has 8 nitrogen and oxygen atoms in total. The summed E-state index contributed by atoms with van der Waals surface area (Å²) in [5, 5.41) is 3.92. The molecule has 0 aliphatic carbocycles. The zero-order valence-corrected chi connectivity index (χ0v) is 14.1. The van der Waals surface area contributed by atoms with Gasteiger partial charge in [-0.2, -0.15) is 0 Å². The number of anilines is 4. The summed E-state index contributed by atoms with van der Waals surface area (Å²) in [7, 11) is 0. The highest BCUT2D eigenvalue weighted by atomic mass is 35.5. The molecule has 3 aromatic rings. The molecule has 0 radical (unpaired) electrons. The Morgan fingerprint density at radius 3 is 2.72 bits per heavy atom. The lowest BCUT2D eigenvalue weighted by Gasteiger charge is -2.13. The summed E-state index contributed by atoms with van der Waals surface area (Å²) in [6, 6.07) is 8.07. The average molecular weight is 379 g/mol. The number of rotatable bonds is 5. The molecule has 2 heterocycles. The van der Waals surface area contributed by atoms with Crippen LogP contribution in [0.4, 0.5) is 23.0 Å². The van der Waals surface area contributed by atoms with Gasteiger partial charge in [-0.25, -0.2) is 9.97 Å². The van der Waals surface area contributed by atoms with Crippen molar-refractivity contribution in [3.63, 3.8) is 0 Å². The maximum absolute atomic E-state index is 11.8. The van der Waals surface area contributed by atoms with Crippen molar-refractivity contribution in [2.24, 2.45) is 0 Å². The second-order valence-corrected chi connectivity index (χ2v) is 5.63. The third kappa shape index (κ3) is 3.93. The first kappa shape index (κ1) is 16.9. The number of aromatic nitrogens is 2. The average Bonchev–Trinajstić information content (AvgIpc) is 3.13. The third-order valence-electron chi connectivity index (χ3n) is 3.10. The van der Waals surface area contributed by atoms with Crippen molar-refractivity contribution >= 4 is 52.1 Å². The van der Waals surface area contributed by atoms with E-state index in [0.29, 0.717) is 21.6 Å². The number of carbonyl (C=O) groups excluding carboxylic acids is 1. The van der Waals surface area contributed by atoms with Crippen LogP contribution in [0.5, 0.6) is 0 Å². The summed E-state index contributed by atoms with van der Waals surface area (Å²) in [4.78, 5) is 19.9. The Labute approximate surface area is 152 Å². The van der Waals surface area contributed by atoms with Crippen LogP contribution in [0.15, 0.2) is 47.3 Å². The van der Waals surface area contributed by atoms with Crippen molar-refractivity contribution in [2.75, 3.05) is 16.5 Å². The van der Waals surface area contributed by atoms with Crippen LogP contribution in [0, 0.1) is 0 Å². The van der Waals surface area contributed by atoms with Crippen LogP contribution < -0.4 is 21.9 Å². The Morgan fingerprint density at radius 2 is 1.96 bits per heavy atom. The predicted octanol–water partition coefficient (Wildman–Crippen LogP) is 3.46. The summed E-state index contributed by atoms with van der Waals surface area (Å²) in [6.45, 7) is 0. The maximum atomic E-state index is 11.8. The molecule has 0 spiro atoms. The minimum absolute atomic E-state index is 0.143. The molecular weight excluding hydrogens is 367 g/mol. The molecule has 5 N–H and O–H groups in total. The van der Waals surface area contributed by atoms with E-state index in [1.807, 2.05) is 0 Å². The van der Waals surface area contributed by atoms with Gasteiger partial charge in [0.05, 0.1) is 17.0 Å². The van der Waals surface area contributed by atoms with Crippen LogP contribution >= 0.6 is 23.2 Å². The summed E-state index contributed by atoms with van der Waals surface area (Å²) < 4.78 is 4.99. The van der Waals surface area contributed by atoms with Gasteiger partial charge >= 0.3 is 5.91 Å². The fraction of sp³-hybridized carbons (Fsp3) is 0. The van der Waals surface area contributed by atoms with Gasteiger partial charge in [-0.15, -0.1) is 0 Å². The SMILES string of the molecule is Nc1c(NNC(=O)c2ccco2)ncnc1Nc1cc(Cl)ccc1Cl. The van der Waals surface area contributed by atoms with Gasteiger partial charge in [0.2, 0.25) is 0 Å². The number of nitrogens with one attached hydrogen (secondary N) is 3. The van der Waals surface area contributed by atoms with E-state index in [0.717, 1.165) is 0 Å². The van der Waals surface area contributed by atoms with Gasteiger partial charge in [0.25, 0.3) is 0 Å². The topological polar surface area (TPSA) is 118 Å². The molecule has 25 heavy (non-hydrogen) atoms. The summed E-state index contributed by atoms with van der Waals surface area (Å²) in [5.74, 6) is 0.170. The number of hydrogen-bond acceptors (Lipinski definition) is 7. The second-order valence-electron chi connectivity index (χ2n) is 4.79.